The second-order valence-corrected chi connectivity index (χ2v) is 5.45. The van der Waals surface area contributed by atoms with Gasteiger partial charge in [-0.25, -0.2) is 9.36 Å². The van der Waals surface area contributed by atoms with Gasteiger partial charge in [-0.1, -0.05) is 0 Å². The van der Waals surface area contributed by atoms with Gasteiger partial charge in [0, 0.05) is 0 Å². The summed E-state index contributed by atoms with van der Waals surface area (Å²) in [6, 6.07) is -1.41. The van der Waals surface area contributed by atoms with E-state index in [2.05, 4.69) is 4.52 Å². The Bertz CT molecular complexity index is 510. The lowest BCUT2D eigenvalue weighted by Crippen LogP contribution is -2.42. The van der Waals surface area contributed by atoms with Gasteiger partial charge < -0.3 is 41.1 Å². The highest BCUT2D eigenvalue weighted by molar-refractivity contribution is 7.46. The van der Waals surface area contributed by atoms with Gasteiger partial charge >= 0.3 is 31.7 Å². The van der Waals surface area contributed by atoms with Crippen LogP contribution in [-0.4, -0.2) is 77.4 Å². The van der Waals surface area contributed by atoms with Crippen molar-refractivity contribution in [3.8, 4) is 0 Å². The van der Waals surface area contributed by atoms with Gasteiger partial charge in [-0.2, -0.15) is 0 Å². The summed E-state index contributed by atoms with van der Waals surface area (Å²) in [5, 5.41) is 41.9. The van der Waals surface area contributed by atoms with Crippen LogP contribution in [-0.2, 0) is 28.3 Å². The fourth-order valence-corrected chi connectivity index (χ4v) is 1.32. The van der Waals surface area contributed by atoms with Crippen LogP contribution in [0.2, 0.25) is 0 Å². The number of hydrogen-bond donors (Lipinski definition) is 8. The van der Waals surface area contributed by atoms with Crippen LogP contribution in [0.3, 0.4) is 0 Å². The number of carboxylic acids is 4. The first kappa shape index (κ1) is 24.2. The van der Waals surface area contributed by atoms with E-state index in [0.29, 0.717) is 0 Å². The largest absolute Gasteiger partial charge is 0.481 e. The molecule has 9 N–H and O–H groups in total. The van der Waals surface area contributed by atoms with E-state index >= 15 is 0 Å². The van der Waals surface area contributed by atoms with Gasteiger partial charge in [0.1, 0.15) is 6.04 Å². The first-order valence-corrected chi connectivity index (χ1v) is 7.21. The summed E-state index contributed by atoms with van der Waals surface area (Å²) in [4.78, 5) is 56.6. The van der Waals surface area contributed by atoms with E-state index in [9.17, 15) is 23.7 Å². The number of phosphoric ester groups is 1. The molecule has 0 radical (unpaired) electrons. The minimum absolute atomic E-state index is 0.709. The van der Waals surface area contributed by atoms with Gasteiger partial charge in [0.15, 0.2) is 5.60 Å². The minimum Gasteiger partial charge on any atom is -0.481 e. The van der Waals surface area contributed by atoms with Gasteiger partial charge in [-0.3, -0.25) is 18.9 Å². The molecule has 0 unspecified atom stereocenters. The molecule has 0 heterocycles. The van der Waals surface area contributed by atoms with Gasteiger partial charge in [0.05, 0.1) is 19.4 Å². The molecule has 0 aromatic rings. The molecule has 1 atom stereocenters. The van der Waals surface area contributed by atoms with Crippen molar-refractivity contribution in [2.45, 2.75) is 24.5 Å². The van der Waals surface area contributed by atoms with E-state index in [-0.39, 0.29) is 0 Å². The first-order chi connectivity index (χ1) is 10.6. The van der Waals surface area contributed by atoms with E-state index in [1.807, 2.05) is 0 Å². The van der Waals surface area contributed by atoms with Crippen molar-refractivity contribution >= 4 is 31.7 Å². The standard InChI is InChI=1S/C6H8O7.C3H8NO6P/c7-3(8)1-6(13,5(11)12)2-4(9)10;4-2(3(5)6)1-10-11(7,8)9/h13H,1-2H2,(H,7,8)(H,9,10)(H,11,12);2H,1,4H2,(H,5,6)(H2,7,8,9)/t;2-/m.0/s1. The third-order valence-electron chi connectivity index (χ3n) is 2.02. The molecule has 0 saturated heterocycles. The van der Waals surface area contributed by atoms with Crippen LogP contribution in [0.5, 0.6) is 0 Å². The molecule has 14 nitrogen and oxygen atoms in total. The van der Waals surface area contributed by atoms with Crippen LogP contribution < -0.4 is 5.73 Å². The molecular weight excluding hydrogens is 361 g/mol. The fraction of sp³-hybridized carbons (Fsp3) is 0.556. The van der Waals surface area contributed by atoms with E-state index in [0.717, 1.165) is 0 Å². The molecule has 0 aliphatic carbocycles. The molecule has 0 fully saturated rings. The SMILES string of the molecule is N[C@@H](COP(=O)(O)O)C(=O)O.O=C(O)CC(O)(CC(=O)O)C(=O)O. The van der Waals surface area contributed by atoms with Crippen molar-refractivity contribution in [2.75, 3.05) is 6.61 Å². The molecule has 0 aromatic carbocycles. The Morgan fingerprint density at radius 1 is 1.00 bits per heavy atom. The smallest absolute Gasteiger partial charge is 0.469 e. The van der Waals surface area contributed by atoms with Crippen LogP contribution >= 0.6 is 7.82 Å². The number of aliphatic carboxylic acids is 4. The number of rotatable bonds is 9. The Morgan fingerprint density at radius 3 is 1.58 bits per heavy atom. The van der Waals surface area contributed by atoms with Gasteiger partial charge in [0.2, 0.25) is 0 Å². The van der Waals surface area contributed by atoms with E-state index in [1.54, 1.807) is 0 Å². The monoisotopic (exact) mass is 377 g/mol. The number of carboxylic acid groups (broad SMARTS) is 4. The van der Waals surface area contributed by atoms with Crippen LogP contribution in [0.4, 0.5) is 0 Å². The number of aliphatic hydroxyl groups is 1. The summed E-state index contributed by atoms with van der Waals surface area (Å²) in [5.41, 5.74) is 2.12. The Hall–Kier alpha value is -2.09. The molecule has 0 saturated carbocycles. The average molecular weight is 377 g/mol. The van der Waals surface area contributed by atoms with E-state index in [4.69, 9.17) is 41.1 Å². The van der Waals surface area contributed by atoms with Crippen LogP contribution in [0.25, 0.3) is 0 Å². The number of carbonyl (C=O) groups is 4. The molecule has 0 amide bonds. The molecule has 15 heteroatoms. The lowest BCUT2D eigenvalue weighted by Gasteiger charge is -2.18. The number of phosphoric acid groups is 1. The van der Waals surface area contributed by atoms with Crippen molar-refractivity contribution < 1.29 is 63.6 Å². The Kier molecular flexibility index (Phi) is 9.99. The molecule has 0 aliphatic rings. The summed E-state index contributed by atoms with van der Waals surface area (Å²) in [5.74, 6) is -6.40. The Morgan fingerprint density at radius 2 is 1.38 bits per heavy atom. The molecule has 0 rings (SSSR count). The van der Waals surface area contributed by atoms with Gasteiger partial charge in [0.25, 0.3) is 0 Å². The predicted molar refractivity (Wildman–Crippen MR) is 70.7 cm³/mol. The molecular formula is C9H16NO13P. The zero-order valence-electron chi connectivity index (χ0n) is 11.8. The fourth-order valence-electron chi connectivity index (χ4n) is 0.963. The summed E-state index contributed by atoms with van der Waals surface area (Å²) in [6.45, 7) is -0.709. The molecule has 0 bridgehead atoms. The second-order valence-electron chi connectivity index (χ2n) is 4.21. The molecule has 0 spiro atoms. The minimum atomic E-state index is -4.60. The van der Waals surface area contributed by atoms with Crippen LogP contribution in [0.15, 0.2) is 0 Å². The lowest BCUT2D eigenvalue weighted by atomic mass is 9.96. The van der Waals surface area contributed by atoms with Crippen molar-refractivity contribution in [1.82, 2.24) is 0 Å². The molecule has 24 heavy (non-hydrogen) atoms. The Balaban J connectivity index is 0. The zero-order valence-corrected chi connectivity index (χ0v) is 12.7. The second kappa shape index (κ2) is 9.92. The number of nitrogens with two attached hydrogens (primary N) is 1. The van der Waals surface area contributed by atoms with Crippen LogP contribution in [0.1, 0.15) is 12.8 Å². The summed E-state index contributed by atoms with van der Waals surface area (Å²) >= 11 is 0. The lowest BCUT2D eigenvalue weighted by molar-refractivity contribution is -0.170. The van der Waals surface area contributed by atoms with Crippen LogP contribution in [0, 0.1) is 0 Å². The van der Waals surface area contributed by atoms with Gasteiger partial charge in [-0.15, -0.1) is 0 Å². The zero-order chi connectivity index (χ0) is 19.7. The summed E-state index contributed by atoms with van der Waals surface area (Å²) in [7, 11) is -4.60. The summed E-state index contributed by atoms with van der Waals surface area (Å²) < 4.78 is 13.8. The first-order valence-electron chi connectivity index (χ1n) is 5.68. The highest BCUT2D eigenvalue weighted by Gasteiger charge is 2.40. The van der Waals surface area contributed by atoms with Gasteiger partial charge in [-0.05, 0) is 0 Å². The third kappa shape index (κ3) is 12.5. The van der Waals surface area contributed by atoms with E-state index in [1.165, 1.54) is 0 Å². The van der Waals surface area contributed by atoms with Crippen molar-refractivity contribution in [2.24, 2.45) is 5.73 Å². The maximum absolute atomic E-state index is 10.3. The molecule has 0 aliphatic heterocycles. The number of hydrogen-bond acceptors (Lipinski definition) is 8. The highest BCUT2D eigenvalue weighted by atomic mass is 31.2. The summed E-state index contributed by atoms with van der Waals surface area (Å²) in [6.07, 6.45) is -2.29. The normalized spacial score (nSPS) is 12.5. The maximum atomic E-state index is 10.3. The van der Waals surface area contributed by atoms with Crippen molar-refractivity contribution in [1.29, 1.82) is 0 Å². The highest BCUT2D eigenvalue weighted by Crippen LogP contribution is 2.35. The van der Waals surface area contributed by atoms with Crippen molar-refractivity contribution in [3.63, 3.8) is 0 Å². The van der Waals surface area contributed by atoms with Crippen molar-refractivity contribution in [3.05, 3.63) is 0 Å². The predicted octanol–water partition coefficient (Wildman–Crippen LogP) is -2.74. The topological polar surface area (TPSA) is 262 Å². The molecule has 0 aromatic heterocycles. The average Bonchev–Trinajstić information content (AvgIpc) is 2.33. The maximum Gasteiger partial charge on any atom is 0.469 e. The quantitative estimate of drug-likeness (QED) is 0.189. The molecule has 140 valence electrons. The Labute approximate surface area is 133 Å². The third-order valence-corrected chi connectivity index (χ3v) is 2.51. The van der Waals surface area contributed by atoms with E-state index < -0.39 is 62.8 Å².